The fourth-order valence-corrected chi connectivity index (χ4v) is 2.09. The molecule has 0 aliphatic rings. The maximum Gasteiger partial charge on any atom is 0.127 e. The number of nitrogens with one attached hydrogen (secondary N) is 1. The molecule has 14 heavy (non-hydrogen) atoms. The molecule has 0 bridgehead atoms. The Kier molecular flexibility index (Phi) is 3.16. The zero-order chi connectivity index (χ0) is 9.80. The summed E-state index contributed by atoms with van der Waals surface area (Å²) in [7, 11) is 0. The van der Waals surface area contributed by atoms with Crippen LogP contribution in [0.5, 0.6) is 0 Å². The van der Waals surface area contributed by atoms with Crippen LogP contribution in [0.15, 0.2) is 40.3 Å². The predicted molar refractivity (Wildman–Crippen MR) is 63.6 cm³/mol. The van der Waals surface area contributed by atoms with Crippen LogP contribution in [0, 0.1) is 0 Å². The highest BCUT2D eigenvalue weighted by Crippen LogP contribution is 2.13. The van der Waals surface area contributed by atoms with Gasteiger partial charge in [-0.05, 0) is 39.5 Å². The predicted octanol–water partition coefficient (Wildman–Crippen LogP) is 3.52. The van der Waals surface area contributed by atoms with Crippen molar-refractivity contribution in [2.24, 2.45) is 0 Å². The van der Waals surface area contributed by atoms with Gasteiger partial charge in [-0.2, -0.15) is 0 Å². The number of halogens is 1. The van der Waals surface area contributed by atoms with Crippen molar-refractivity contribution in [1.82, 2.24) is 4.98 Å². The van der Waals surface area contributed by atoms with E-state index in [1.165, 1.54) is 4.88 Å². The van der Waals surface area contributed by atoms with Gasteiger partial charge in [0.1, 0.15) is 10.4 Å². The van der Waals surface area contributed by atoms with E-state index in [1.54, 1.807) is 11.3 Å². The highest BCUT2D eigenvalue weighted by molar-refractivity contribution is 9.10. The second kappa shape index (κ2) is 4.57. The van der Waals surface area contributed by atoms with E-state index in [1.807, 2.05) is 18.2 Å². The van der Waals surface area contributed by atoms with Crippen molar-refractivity contribution in [3.05, 3.63) is 45.2 Å². The Labute approximate surface area is 95.1 Å². The Morgan fingerprint density at radius 1 is 1.29 bits per heavy atom. The van der Waals surface area contributed by atoms with Gasteiger partial charge < -0.3 is 5.32 Å². The molecule has 2 aromatic heterocycles. The van der Waals surface area contributed by atoms with E-state index in [9.17, 15) is 0 Å². The number of hydrogen-bond acceptors (Lipinski definition) is 3. The molecule has 0 aliphatic heterocycles. The third-order valence-electron chi connectivity index (χ3n) is 1.74. The van der Waals surface area contributed by atoms with E-state index in [2.05, 4.69) is 43.7 Å². The second-order valence-electron chi connectivity index (χ2n) is 2.78. The van der Waals surface area contributed by atoms with Crippen molar-refractivity contribution in [2.75, 3.05) is 5.32 Å². The van der Waals surface area contributed by atoms with Crippen LogP contribution in [-0.2, 0) is 6.54 Å². The standard InChI is InChI=1S/C10H9BrN2S/c11-9-4-1-5-10(13-9)12-7-8-3-2-6-14-8/h1-6H,7H2,(H,12,13). The fraction of sp³-hybridized carbons (Fsp3) is 0.100. The SMILES string of the molecule is Brc1cccc(NCc2cccs2)n1. The summed E-state index contributed by atoms with van der Waals surface area (Å²) < 4.78 is 0.855. The summed E-state index contributed by atoms with van der Waals surface area (Å²) in [6.45, 7) is 0.834. The molecule has 0 saturated heterocycles. The molecule has 0 fully saturated rings. The molecular weight excluding hydrogens is 260 g/mol. The van der Waals surface area contributed by atoms with Crippen LogP contribution in [0.3, 0.4) is 0 Å². The molecule has 2 rings (SSSR count). The van der Waals surface area contributed by atoms with Crippen LogP contribution in [0.25, 0.3) is 0 Å². The number of thiophene rings is 1. The molecule has 0 aliphatic carbocycles. The lowest BCUT2D eigenvalue weighted by molar-refractivity contribution is 1.13. The third-order valence-corrected chi connectivity index (χ3v) is 3.06. The van der Waals surface area contributed by atoms with Gasteiger partial charge in [0.05, 0.1) is 6.54 Å². The Bertz CT molecular complexity index is 400. The second-order valence-corrected chi connectivity index (χ2v) is 4.62. The average molecular weight is 269 g/mol. The van der Waals surface area contributed by atoms with Crippen molar-refractivity contribution in [3.8, 4) is 0 Å². The van der Waals surface area contributed by atoms with Crippen molar-refractivity contribution in [3.63, 3.8) is 0 Å². The van der Waals surface area contributed by atoms with Crippen molar-refractivity contribution < 1.29 is 0 Å². The first-order valence-electron chi connectivity index (χ1n) is 4.23. The van der Waals surface area contributed by atoms with Gasteiger partial charge >= 0.3 is 0 Å². The maximum absolute atomic E-state index is 4.28. The number of pyridine rings is 1. The van der Waals surface area contributed by atoms with Gasteiger partial charge in [-0.25, -0.2) is 4.98 Å². The minimum Gasteiger partial charge on any atom is -0.365 e. The average Bonchev–Trinajstić information content (AvgIpc) is 2.67. The molecule has 0 aromatic carbocycles. The molecule has 0 atom stereocenters. The normalized spacial score (nSPS) is 10.1. The quantitative estimate of drug-likeness (QED) is 0.862. The highest BCUT2D eigenvalue weighted by Gasteiger charge is 1.95. The Morgan fingerprint density at radius 3 is 2.93 bits per heavy atom. The van der Waals surface area contributed by atoms with Crippen LogP contribution in [-0.4, -0.2) is 4.98 Å². The molecule has 0 unspecified atom stereocenters. The van der Waals surface area contributed by atoms with E-state index in [0.29, 0.717) is 0 Å². The van der Waals surface area contributed by atoms with Crippen LogP contribution < -0.4 is 5.32 Å². The van der Waals surface area contributed by atoms with Gasteiger partial charge in [0.25, 0.3) is 0 Å². The summed E-state index contributed by atoms with van der Waals surface area (Å²) in [5, 5.41) is 5.33. The van der Waals surface area contributed by atoms with Crippen LogP contribution >= 0.6 is 27.3 Å². The Hall–Kier alpha value is -0.870. The van der Waals surface area contributed by atoms with E-state index in [0.717, 1.165) is 17.0 Å². The van der Waals surface area contributed by atoms with E-state index >= 15 is 0 Å². The number of anilines is 1. The molecule has 2 nitrogen and oxygen atoms in total. The monoisotopic (exact) mass is 268 g/mol. The molecule has 0 saturated carbocycles. The van der Waals surface area contributed by atoms with Gasteiger partial charge in [-0.1, -0.05) is 12.1 Å². The van der Waals surface area contributed by atoms with Crippen molar-refractivity contribution >= 4 is 33.1 Å². The molecule has 72 valence electrons. The summed E-state index contributed by atoms with van der Waals surface area (Å²) in [6.07, 6.45) is 0. The minimum absolute atomic E-state index is 0.834. The first-order valence-corrected chi connectivity index (χ1v) is 5.91. The molecule has 4 heteroatoms. The molecule has 0 spiro atoms. The summed E-state index contributed by atoms with van der Waals surface area (Å²) in [5.41, 5.74) is 0. The number of aromatic nitrogens is 1. The van der Waals surface area contributed by atoms with E-state index < -0.39 is 0 Å². The summed E-state index contributed by atoms with van der Waals surface area (Å²) in [5.74, 6) is 0.896. The number of nitrogens with zero attached hydrogens (tertiary/aromatic N) is 1. The zero-order valence-corrected chi connectivity index (χ0v) is 9.81. The maximum atomic E-state index is 4.28. The summed E-state index contributed by atoms with van der Waals surface area (Å²) in [6, 6.07) is 9.99. The lowest BCUT2D eigenvalue weighted by Gasteiger charge is -2.03. The highest BCUT2D eigenvalue weighted by atomic mass is 79.9. The van der Waals surface area contributed by atoms with Gasteiger partial charge in [-0.3, -0.25) is 0 Å². The van der Waals surface area contributed by atoms with Crippen LogP contribution in [0.4, 0.5) is 5.82 Å². The smallest absolute Gasteiger partial charge is 0.127 e. The summed E-state index contributed by atoms with van der Waals surface area (Å²) >= 11 is 5.08. The van der Waals surface area contributed by atoms with Gasteiger partial charge in [0.2, 0.25) is 0 Å². The Morgan fingerprint density at radius 2 is 2.21 bits per heavy atom. The van der Waals surface area contributed by atoms with Crippen LogP contribution in [0.2, 0.25) is 0 Å². The molecule has 2 aromatic rings. The molecule has 1 N–H and O–H groups in total. The number of hydrogen-bond donors (Lipinski definition) is 1. The van der Waals surface area contributed by atoms with Gasteiger partial charge in [0.15, 0.2) is 0 Å². The van der Waals surface area contributed by atoms with E-state index in [4.69, 9.17) is 0 Å². The molecule has 0 amide bonds. The molecular formula is C10H9BrN2S. The third kappa shape index (κ3) is 2.56. The first-order chi connectivity index (χ1) is 6.84. The largest absolute Gasteiger partial charge is 0.365 e. The van der Waals surface area contributed by atoms with Crippen molar-refractivity contribution in [2.45, 2.75) is 6.54 Å². The fourth-order valence-electron chi connectivity index (χ4n) is 1.10. The Balaban J connectivity index is 1.98. The topological polar surface area (TPSA) is 24.9 Å². The minimum atomic E-state index is 0.834. The lowest BCUT2D eigenvalue weighted by atomic mass is 10.4. The molecule has 0 radical (unpaired) electrons. The first kappa shape index (κ1) is 9.68. The summed E-state index contributed by atoms with van der Waals surface area (Å²) in [4.78, 5) is 5.59. The van der Waals surface area contributed by atoms with E-state index in [-0.39, 0.29) is 0 Å². The van der Waals surface area contributed by atoms with Crippen LogP contribution in [0.1, 0.15) is 4.88 Å². The lowest BCUT2D eigenvalue weighted by Crippen LogP contribution is -1.99. The number of rotatable bonds is 3. The van der Waals surface area contributed by atoms with Gasteiger partial charge in [0, 0.05) is 4.88 Å². The van der Waals surface area contributed by atoms with Gasteiger partial charge in [-0.15, -0.1) is 11.3 Å². The van der Waals surface area contributed by atoms with Crippen molar-refractivity contribution in [1.29, 1.82) is 0 Å². The zero-order valence-electron chi connectivity index (χ0n) is 7.40. The molecule has 2 heterocycles.